The molecule has 1 aliphatic rings. The molecule has 0 aromatic carbocycles. The Balaban J connectivity index is 3.21. The summed E-state index contributed by atoms with van der Waals surface area (Å²) in [4.78, 5) is 36.3. The summed E-state index contributed by atoms with van der Waals surface area (Å²) >= 11 is 1.28. The molecule has 7 heteroatoms. The van der Waals surface area contributed by atoms with Gasteiger partial charge >= 0.3 is 0 Å². The highest BCUT2D eigenvalue weighted by Crippen LogP contribution is 2.29. The molecule has 0 radical (unpaired) electrons. The van der Waals surface area contributed by atoms with Crippen LogP contribution in [0.1, 0.15) is 13.3 Å². The van der Waals surface area contributed by atoms with E-state index in [0.717, 1.165) is 6.42 Å². The highest BCUT2D eigenvalue weighted by molar-refractivity contribution is 8.04. The minimum absolute atomic E-state index is 0.0713. The van der Waals surface area contributed by atoms with Crippen molar-refractivity contribution in [1.29, 1.82) is 0 Å². The summed E-state index contributed by atoms with van der Waals surface area (Å²) in [6, 6.07) is 0. The fraction of sp³-hybridized carbons (Fsp3) is 0.308. The molecule has 0 bridgehead atoms. The van der Waals surface area contributed by atoms with Crippen molar-refractivity contribution in [3.8, 4) is 0 Å². The van der Waals surface area contributed by atoms with Gasteiger partial charge < -0.3 is 10.7 Å². The maximum atomic E-state index is 12.4. The summed E-state index contributed by atoms with van der Waals surface area (Å²) in [5.41, 5.74) is 1.93. The van der Waals surface area contributed by atoms with E-state index in [2.05, 4.69) is 17.3 Å². The van der Waals surface area contributed by atoms with E-state index in [9.17, 15) is 14.4 Å². The number of hydrogen-bond acceptors (Lipinski definition) is 6. The van der Waals surface area contributed by atoms with Crippen molar-refractivity contribution in [2.24, 2.45) is 5.84 Å². The third-order valence-electron chi connectivity index (χ3n) is 2.62. The number of thioether (sulfide) groups is 1. The van der Waals surface area contributed by atoms with E-state index < -0.39 is 17.5 Å². The Kier molecular flexibility index (Phi) is 5.72. The van der Waals surface area contributed by atoms with E-state index in [1.54, 1.807) is 0 Å². The van der Waals surface area contributed by atoms with Crippen LogP contribution in [0.3, 0.4) is 0 Å². The van der Waals surface area contributed by atoms with Crippen molar-refractivity contribution in [2.75, 3.05) is 12.8 Å². The highest BCUT2D eigenvalue weighted by Gasteiger charge is 2.32. The lowest BCUT2D eigenvalue weighted by Crippen LogP contribution is -2.35. The predicted octanol–water partition coefficient (Wildman–Crippen LogP) is 0.185. The molecule has 0 fully saturated rings. The minimum atomic E-state index is -0.532. The molecule has 108 valence electrons. The van der Waals surface area contributed by atoms with Gasteiger partial charge in [-0.3, -0.25) is 20.2 Å². The summed E-state index contributed by atoms with van der Waals surface area (Å²) in [5, 5.41) is 2.37. The number of Topliss-reactive ketones (excluding diaryl/α,β-unsaturated/α-hetero) is 1. The van der Waals surface area contributed by atoms with Crippen molar-refractivity contribution in [3.63, 3.8) is 0 Å². The number of ketones is 2. The third kappa shape index (κ3) is 3.17. The maximum Gasteiger partial charge on any atom is 0.251 e. The van der Waals surface area contributed by atoms with Crippen molar-refractivity contribution < 1.29 is 14.4 Å². The topological polar surface area (TPSA) is 101 Å². The van der Waals surface area contributed by atoms with Gasteiger partial charge in [-0.25, -0.2) is 0 Å². The van der Waals surface area contributed by atoms with Crippen LogP contribution in [0.25, 0.3) is 0 Å². The number of likely N-dealkylation sites (N-methyl/N-ethyl adjacent to an activating group) is 1. The summed E-state index contributed by atoms with van der Waals surface area (Å²) in [6.45, 7) is 5.54. The second-order valence-corrected chi connectivity index (χ2v) is 5.14. The first kappa shape index (κ1) is 16.2. The third-order valence-corrected chi connectivity index (χ3v) is 3.85. The Morgan fingerprint density at radius 3 is 2.60 bits per heavy atom. The highest BCUT2D eigenvalue weighted by atomic mass is 32.2. The number of rotatable bonds is 6. The molecule has 0 spiro atoms. The van der Waals surface area contributed by atoms with Crippen LogP contribution in [-0.4, -0.2) is 30.3 Å². The van der Waals surface area contributed by atoms with Crippen LogP contribution in [0.15, 0.2) is 34.4 Å². The van der Waals surface area contributed by atoms with Crippen LogP contribution in [0.5, 0.6) is 0 Å². The Hall–Kier alpha value is -1.86. The van der Waals surface area contributed by atoms with Gasteiger partial charge in [-0.2, -0.15) is 0 Å². The molecule has 0 aromatic heterocycles. The maximum absolute atomic E-state index is 12.4. The molecule has 0 aliphatic heterocycles. The summed E-state index contributed by atoms with van der Waals surface area (Å²) < 4.78 is 0. The molecule has 1 amide bonds. The Morgan fingerprint density at radius 2 is 2.10 bits per heavy atom. The zero-order valence-corrected chi connectivity index (χ0v) is 12.2. The molecule has 1 aliphatic carbocycles. The lowest BCUT2D eigenvalue weighted by Gasteiger charge is -2.19. The number of hydrogen-bond donors (Lipinski definition) is 3. The molecular weight excluding hydrogens is 278 g/mol. The second-order valence-electron chi connectivity index (χ2n) is 4.00. The van der Waals surface area contributed by atoms with E-state index in [1.165, 1.54) is 24.9 Å². The van der Waals surface area contributed by atoms with E-state index >= 15 is 0 Å². The van der Waals surface area contributed by atoms with Crippen molar-refractivity contribution in [1.82, 2.24) is 10.7 Å². The predicted molar refractivity (Wildman–Crippen MR) is 78.4 cm³/mol. The van der Waals surface area contributed by atoms with Gasteiger partial charge in [0.25, 0.3) is 5.91 Å². The van der Waals surface area contributed by atoms with Crippen LogP contribution in [0.2, 0.25) is 0 Å². The van der Waals surface area contributed by atoms with E-state index in [-0.39, 0.29) is 16.8 Å². The van der Waals surface area contributed by atoms with E-state index in [0.29, 0.717) is 10.7 Å². The molecule has 4 N–H and O–H groups in total. The first-order valence-corrected chi connectivity index (χ1v) is 7.02. The average molecular weight is 295 g/mol. The molecule has 20 heavy (non-hydrogen) atoms. The van der Waals surface area contributed by atoms with Gasteiger partial charge in [0.2, 0.25) is 11.6 Å². The van der Waals surface area contributed by atoms with Gasteiger partial charge in [0.05, 0.1) is 10.5 Å². The van der Waals surface area contributed by atoms with Crippen LogP contribution in [-0.2, 0) is 14.4 Å². The molecule has 0 saturated carbocycles. The monoisotopic (exact) mass is 295 g/mol. The molecule has 0 unspecified atom stereocenters. The van der Waals surface area contributed by atoms with Crippen molar-refractivity contribution in [3.05, 3.63) is 34.4 Å². The Bertz CT molecular complexity index is 535. The van der Waals surface area contributed by atoms with Gasteiger partial charge in [0, 0.05) is 18.7 Å². The van der Waals surface area contributed by atoms with Gasteiger partial charge in [-0.05, 0) is 12.2 Å². The summed E-state index contributed by atoms with van der Waals surface area (Å²) in [6.07, 6.45) is 2.10. The van der Waals surface area contributed by atoms with E-state index in [1.807, 2.05) is 6.92 Å². The molecule has 0 aromatic rings. The first-order chi connectivity index (χ1) is 9.47. The minimum Gasteiger partial charge on any atom is -0.355 e. The quantitative estimate of drug-likeness (QED) is 0.280. The van der Waals surface area contributed by atoms with Crippen LogP contribution in [0.4, 0.5) is 0 Å². The summed E-state index contributed by atoms with van der Waals surface area (Å²) in [7, 11) is 1.42. The Morgan fingerprint density at radius 1 is 1.45 bits per heavy atom. The Labute approximate surface area is 121 Å². The fourth-order valence-corrected chi connectivity index (χ4v) is 2.48. The SMILES string of the molecule is C=C(C(=O)NC)C1=C(NN)C(=O)C=C(SCCC)C1=O. The number of nitrogens with two attached hydrogens (primary N) is 1. The molecule has 0 atom stereocenters. The van der Waals surface area contributed by atoms with Crippen molar-refractivity contribution >= 4 is 29.2 Å². The molecule has 0 saturated heterocycles. The number of allylic oxidation sites excluding steroid dienone is 2. The molecule has 1 rings (SSSR count). The van der Waals surface area contributed by atoms with Gasteiger partial charge in [0.1, 0.15) is 5.70 Å². The van der Waals surface area contributed by atoms with E-state index in [4.69, 9.17) is 5.84 Å². The largest absolute Gasteiger partial charge is 0.355 e. The zero-order chi connectivity index (χ0) is 15.3. The number of amides is 1. The number of hydrazine groups is 1. The van der Waals surface area contributed by atoms with Crippen LogP contribution in [0, 0.1) is 0 Å². The lowest BCUT2D eigenvalue weighted by molar-refractivity contribution is -0.118. The second kappa shape index (κ2) is 7.06. The zero-order valence-electron chi connectivity index (χ0n) is 11.4. The van der Waals surface area contributed by atoms with Crippen LogP contribution >= 0.6 is 11.8 Å². The fourth-order valence-electron chi connectivity index (χ4n) is 1.63. The van der Waals surface area contributed by atoms with Gasteiger partial charge in [0.15, 0.2) is 0 Å². The van der Waals surface area contributed by atoms with Gasteiger partial charge in [-0.15, -0.1) is 11.8 Å². The first-order valence-electron chi connectivity index (χ1n) is 6.03. The normalized spacial score (nSPS) is 15.1. The van der Waals surface area contributed by atoms with Crippen LogP contribution < -0.4 is 16.6 Å². The molecule has 6 nitrogen and oxygen atoms in total. The molecular formula is C13H17N3O3S. The van der Waals surface area contributed by atoms with Crippen molar-refractivity contribution in [2.45, 2.75) is 13.3 Å². The average Bonchev–Trinajstić information content (AvgIpc) is 2.45. The summed E-state index contributed by atoms with van der Waals surface area (Å²) in [5.74, 6) is 4.60. The number of carbonyl (C=O) groups is 3. The number of nitrogens with one attached hydrogen (secondary N) is 2. The molecule has 0 heterocycles. The number of carbonyl (C=O) groups excluding carboxylic acids is 3. The van der Waals surface area contributed by atoms with Gasteiger partial charge in [-0.1, -0.05) is 13.5 Å². The smallest absolute Gasteiger partial charge is 0.251 e. The standard InChI is InChI=1S/C13H17N3O3S/c1-4-5-20-9-6-8(17)11(16-14)10(12(9)18)7(2)13(19)15-3/h6,16H,2,4-5,14H2,1,3H3,(H,15,19). The lowest BCUT2D eigenvalue weighted by atomic mass is 9.93.